The second-order valence-corrected chi connectivity index (χ2v) is 18.5. The number of aromatic hydroxyl groups is 1. The van der Waals surface area contributed by atoms with E-state index in [-0.39, 0.29) is 5.75 Å². The van der Waals surface area contributed by atoms with Gasteiger partial charge < -0.3 is 8.98 Å². The first-order valence-electron chi connectivity index (χ1n) is 11.6. The number of benzene rings is 3. The summed E-state index contributed by atoms with van der Waals surface area (Å²) in [7, 11) is -2.84. The molecule has 0 spiro atoms. The fourth-order valence-electron chi connectivity index (χ4n) is 4.75. The van der Waals surface area contributed by atoms with Crippen molar-refractivity contribution in [1.29, 1.82) is 0 Å². The van der Waals surface area contributed by atoms with Crippen LogP contribution in [0.2, 0.25) is 19.1 Å². The van der Waals surface area contributed by atoms with Gasteiger partial charge >= 0.3 is 0 Å². The van der Waals surface area contributed by atoms with Crippen molar-refractivity contribution in [2.75, 3.05) is 18.8 Å². The Morgan fingerprint density at radius 1 is 0.912 bits per heavy atom. The number of rotatable bonds is 8. The lowest BCUT2D eigenvalue weighted by Crippen LogP contribution is -2.33. The number of hydrogen-bond acceptors (Lipinski definition) is 4. The number of fused-ring (bicyclic) bond motifs is 1. The fraction of sp³-hybridized carbons (Fsp3) is 0.333. The first-order chi connectivity index (χ1) is 16.0. The number of aromatic nitrogens is 3. The van der Waals surface area contributed by atoms with E-state index < -0.39 is 18.6 Å². The number of nitrogens with zero attached hydrogens (tertiary/aromatic N) is 3. The molecule has 0 saturated carbocycles. The van der Waals surface area contributed by atoms with Crippen LogP contribution in [0, 0.1) is 5.92 Å². The topological polar surface area (TPSA) is 60.2 Å². The molecule has 0 fully saturated rings. The van der Waals surface area contributed by atoms with Crippen LogP contribution in [-0.2, 0) is 10.3 Å². The molecule has 7 heteroatoms. The highest BCUT2D eigenvalue weighted by molar-refractivity contribution is 8.28. The summed E-state index contributed by atoms with van der Waals surface area (Å²) in [5, 5.41) is 20.6. The van der Waals surface area contributed by atoms with Crippen molar-refractivity contribution in [3.05, 3.63) is 72.3 Å². The monoisotopic (exact) mass is 493 g/mol. The van der Waals surface area contributed by atoms with Crippen LogP contribution in [0.25, 0.3) is 27.8 Å². The van der Waals surface area contributed by atoms with Gasteiger partial charge in [-0.2, -0.15) is 10.3 Å². The van der Waals surface area contributed by atoms with Crippen molar-refractivity contribution in [2.45, 2.75) is 32.5 Å². The van der Waals surface area contributed by atoms with Gasteiger partial charge in [-0.05, 0) is 91.2 Å². The molecule has 0 aliphatic rings. The molecule has 1 unspecified atom stereocenters. The largest absolute Gasteiger partial charge is 0.505 e. The molecule has 0 bridgehead atoms. The van der Waals surface area contributed by atoms with Gasteiger partial charge in [0.25, 0.3) is 0 Å². The van der Waals surface area contributed by atoms with Gasteiger partial charge in [-0.25, -0.2) is 0 Å². The van der Waals surface area contributed by atoms with E-state index in [2.05, 4.69) is 67.2 Å². The van der Waals surface area contributed by atoms with Crippen LogP contribution < -0.4 is 0 Å². The smallest absolute Gasteiger partial charge is 0.203 e. The van der Waals surface area contributed by atoms with E-state index in [0.29, 0.717) is 11.6 Å². The average Bonchev–Trinajstić information content (AvgIpc) is 3.17. The molecule has 1 aromatic heterocycles. The van der Waals surface area contributed by atoms with Gasteiger partial charge in [-0.3, -0.25) is 0 Å². The second-order valence-electron chi connectivity index (χ2n) is 10.4. The molecular formula is C27H35N3O2SSi. The third-order valence-electron chi connectivity index (χ3n) is 5.66. The van der Waals surface area contributed by atoms with Gasteiger partial charge in [0.1, 0.15) is 22.5 Å². The molecule has 180 valence electrons. The van der Waals surface area contributed by atoms with Crippen molar-refractivity contribution in [3.8, 4) is 22.6 Å². The minimum absolute atomic E-state index is 0.244. The van der Waals surface area contributed by atoms with E-state index in [9.17, 15) is 5.11 Å². The van der Waals surface area contributed by atoms with Gasteiger partial charge in [0.05, 0.1) is 0 Å². The molecule has 1 heterocycles. The summed E-state index contributed by atoms with van der Waals surface area (Å²) in [4.78, 5) is 1.56. The van der Waals surface area contributed by atoms with Crippen LogP contribution in [0.3, 0.4) is 0 Å². The third-order valence-corrected chi connectivity index (χ3v) is 11.1. The molecule has 0 amide bonds. The number of phenolic OH excluding ortho intramolecular Hbond substituents is 1. The van der Waals surface area contributed by atoms with Crippen LogP contribution in [0.15, 0.2) is 66.7 Å². The third kappa shape index (κ3) is 5.89. The van der Waals surface area contributed by atoms with Crippen LogP contribution in [0.4, 0.5) is 0 Å². The summed E-state index contributed by atoms with van der Waals surface area (Å²) in [6.07, 6.45) is 7.37. The van der Waals surface area contributed by atoms with Gasteiger partial charge in [-0.1, -0.05) is 49.4 Å². The summed E-state index contributed by atoms with van der Waals surface area (Å²) < 4.78 is 6.52. The van der Waals surface area contributed by atoms with E-state index in [1.165, 1.54) is 0 Å². The molecule has 4 aromatic rings. The maximum absolute atomic E-state index is 11.4. The number of phenols is 1. The van der Waals surface area contributed by atoms with Crippen LogP contribution in [-0.4, -0.2) is 47.2 Å². The summed E-state index contributed by atoms with van der Waals surface area (Å²) in [6.45, 7) is 6.85. The Labute approximate surface area is 205 Å². The Balaban J connectivity index is 1.72. The molecule has 0 aliphatic heterocycles. The molecule has 1 atom stereocenters. The number of hydrogen-bond donors (Lipinski definition) is 1. The quantitative estimate of drug-likeness (QED) is 0.274. The lowest BCUT2D eigenvalue weighted by Gasteiger charge is -2.37. The highest BCUT2D eigenvalue weighted by atomic mass is 32.3. The minimum Gasteiger partial charge on any atom is -0.505 e. The highest BCUT2D eigenvalue weighted by Gasteiger charge is 2.30. The molecule has 3 aromatic carbocycles. The van der Waals surface area contributed by atoms with Crippen molar-refractivity contribution in [3.63, 3.8) is 0 Å². The van der Waals surface area contributed by atoms with E-state index in [1.807, 2.05) is 48.5 Å². The van der Waals surface area contributed by atoms with Gasteiger partial charge in [0.2, 0.25) is 8.32 Å². The fourth-order valence-corrected chi connectivity index (χ4v) is 12.3. The lowest BCUT2D eigenvalue weighted by atomic mass is 9.96. The summed E-state index contributed by atoms with van der Waals surface area (Å²) in [6, 6.07) is 23.1. The van der Waals surface area contributed by atoms with Crippen LogP contribution in [0.1, 0.15) is 12.5 Å². The zero-order chi connectivity index (χ0) is 24.5. The Morgan fingerprint density at radius 3 is 2.09 bits per heavy atom. The Bertz CT molecular complexity index is 1250. The van der Waals surface area contributed by atoms with E-state index in [4.69, 9.17) is 3.87 Å². The van der Waals surface area contributed by atoms with Crippen LogP contribution in [0.5, 0.6) is 5.75 Å². The average molecular weight is 494 g/mol. The molecule has 0 saturated heterocycles. The zero-order valence-corrected chi connectivity index (χ0v) is 22.8. The first kappa shape index (κ1) is 24.5. The van der Waals surface area contributed by atoms with Crippen molar-refractivity contribution in [2.24, 2.45) is 5.92 Å². The summed E-state index contributed by atoms with van der Waals surface area (Å²) in [5.74, 6) is 0.617. The molecule has 34 heavy (non-hydrogen) atoms. The molecule has 1 N–H and O–H groups in total. The molecule has 5 nitrogen and oxygen atoms in total. The Kier molecular flexibility index (Phi) is 6.89. The van der Waals surface area contributed by atoms with Gasteiger partial charge in [0.15, 0.2) is 0 Å². The normalized spacial score (nSPS) is 13.8. The van der Waals surface area contributed by atoms with Gasteiger partial charge in [-0.15, -0.1) is 15.0 Å². The minimum atomic E-state index is -1.82. The van der Waals surface area contributed by atoms with Crippen molar-refractivity contribution in [1.82, 2.24) is 15.0 Å². The maximum Gasteiger partial charge on any atom is 0.203 e. The van der Waals surface area contributed by atoms with E-state index in [0.717, 1.165) is 40.2 Å². The maximum atomic E-state index is 11.4. The molecular weight excluding hydrogens is 458 g/mol. The summed E-state index contributed by atoms with van der Waals surface area (Å²) >= 11 is 0. The molecule has 4 rings (SSSR count). The van der Waals surface area contributed by atoms with Crippen molar-refractivity contribution < 1.29 is 8.98 Å². The Morgan fingerprint density at radius 2 is 1.50 bits per heavy atom. The lowest BCUT2D eigenvalue weighted by molar-refractivity contribution is 0.454. The van der Waals surface area contributed by atoms with E-state index in [1.54, 1.807) is 4.80 Å². The SMILES string of the molecule is CC(Cc1cc(-c2ccccc2)cc(-n2nc3ccccc3n2)c1O)C[Si](C)(C)OS(C)(C)C. The standard InChI is InChI=1S/C27H35N3O2SSi/c1-20(19-34(5,6)32-33(2,3)4)16-23-17-22(21-12-8-7-9-13-21)18-26(27(23)31)30-28-24-14-10-11-15-25(24)29-30/h7-15,17-18,20,31H,16,19H2,1-6H3. The predicted octanol–water partition coefficient (Wildman–Crippen LogP) is 6.80. The highest BCUT2D eigenvalue weighted by Crippen LogP contribution is 2.42. The Hall–Kier alpha value is -2.61. The summed E-state index contributed by atoms with van der Waals surface area (Å²) in [5.41, 5.74) is 5.27. The first-order valence-corrected chi connectivity index (χ1v) is 17.5. The van der Waals surface area contributed by atoms with Crippen molar-refractivity contribution >= 4 is 29.7 Å². The zero-order valence-electron chi connectivity index (χ0n) is 20.9. The second kappa shape index (κ2) is 9.56. The van der Waals surface area contributed by atoms with E-state index >= 15 is 0 Å². The molecule has 0 radical (unpaired) electrons. The van der Waals surface area contributed by atoms with Crippen LogP contribution >= 0.6 is 10.3 Å². The van der Waals surface area contributed by atoms with Gasteiger partial charge in [0, 0.05) is 0 Å². The predicted molar refractivity (Wildman–Crippen MR) is 148 cm³/mol. The molecule has 0 aliphatic carbocycles.